The van der Waals surface area contributed by atoms with Gasteiger partial charge < -0.3 is 14.6 Å². The summed E-state index contributed by atoms with van der Waals surface area (Å²) in [5.41, 5.74) is 1.16. The van der Waals surface area contributed by atoms with Crippen LogP contribution in [-0.4, -0.2) is 30.7 Å². The average Bonchev–Trinajstić information content (AvgIpc) is 2.83. The molecule has 3 heteroatoms. The van der Waals surface area contributed by atoms with Crippen LogP contribution < -0.4 is 0 Å². The van der Waals surface area contributed by atoms with Gasteiger partial charge in [-0.05, 0) is 32.6 Å². The minimum Gasteiger partial charge on any atom is -0.392 e. The van der Waals surface area contributed by atoms with Gasteiger partial charge in [0.25, 0.3) is 0 Å². The monoisotopic (exact) mass is 264 g/mol. The first-order valence-corrected chi connectivity index (χ1v) is 7.18. The molecule has 1 fully saturated rings. The summed E-state index contributed by atoms with van der Waals surface area (Å²) in [5, 5.41) is 9.67. The highest BCUT2D eigenvalue weighted by Crippen LogP contribution is 2.19. The zero-order chi connectivity index (χ0) is 13.5. The van der Waals surface area contributed by atoms with E-state index in [1.807, 2.05) is 13.0 Å². The van der Waals surface area contributed by atoms with E-state index in [0.717, 1.165) is 31.4 Å². The van der Waals surface area contributed by atoms with E-state index >= 15 is 0 Å². The van der Waals surface area contributed by atoms with Gasteiger partial charge in [-0.25, -0.2) is 0 Å². The van der Waals surface area contributed by atoms with Crippen LogP contribution in [0.15, 0.2) is 36.0 Å². The van der Waals surface area contributed by atoms with Crippen molar-refractivity contribution in [3.05, 3.63) is 36.0 Å². The van der Waals surface area contributed by atoms with Gasteiger partial charge in [0.05, 0.1) is 12.7 Å². The molecule has 1 N–H and O–H groups in total. The molecule has 1 aliphatic carbocycles. The number of hydrogen-bond acceptors (Lipinski definition) is 3. The normalized spacial score (nSPS) is 32.3. The molecular formula is C16H24O3. The lowest BCUT2D eigenvalue weighted by atomic mass is 10.0. The minimum absolute atomic E-state index is 0.0265. The molecule has 0 spiro atoms. The molecule has 2 rings (SSSR count). The maximum atomic E-state index is 9.67. The van der Waals surface area contributed by atoms with E-state index in [4.69, 9.17) is 9.47 Å². The first-order valence-electron chi connectivity index (χ1n) is 7.18. The Kier molecular flexibility index (Phi) is 5.83. The van der Waals surface area contributed by atoms with Gasteiger partial charge in [0, 0.05) is 12.5 Å². The molecule has 2 aliphatic rings. The van der Waals surface area contributed by atoms with Crippen molar-refractivity contribution in [2.24, 2.45) is 5.92 Å². The van der Waals surface area contributed by atoms with E-state index in [-0.39, 0.29) is 18.3 Å². The van der Waals surface area contributed by atoms with Gasteiger partial charge in [0.1, 0.15) is 0 Å². The quantitative estimate of drug-likeness (QED) is 0.613. The molecule has 1 saturated heterocycles. The molecule has 0 bridgehead atoms. The van der Waals surface area contributed by atoms with Crippen molar-refractivity contribution in [2.75, 3.05) is 13.2 Å². The molecule has 3 nitrogen and oxygen atoms in total. The van der Waals surface area contributed by atoms with Gasteiger partial charge >= 0.3 is 0 Å². The molecule has 3 atom stereocenters. The van der Waals surface area contributed by atoms with E-state index in [1.165, 1.54) is 6.42 Å². The Morgan fingerprint density at radius 3 is 3.05 bits per heavy atom. The molecule has 0 aromatic rings. The molecule has 19 heavy (non-hydrogen) atoms. The number of aliphatic hydroxyl groups excluding tert-OH is 1. The van der Waals surface area contributed by atoms with Crippen molar-refractivity contribution in [1.82, 2.24) is 0 Å². The van der Waals surface area contributed by atoms with Gasteiger partial charge in [-0.15, -0.1) is 0 Å². The van der Waals surface area contributed by atoms with Crippen molar-refractivity contribution < 1.29 is 14.6 Å². The van der Waals surface area contributed by atoms with Gasteiger partial charge in [-0.3, -0.25) is 0 Å². The summed E-state index contributed by atoms with van der Waals surface area (Å²) in [4.78, 5) is 0. The van der Waals surface area contributed by atoms with Crippen LogP contribution in [0, 0.1) is 5.92 Å². The third-order valence-corrected chi connectivity index (χ3v) is 3.59. The Labute approximate surface area is 115 Å². The largest absolute Gasteiger partial charge is 0.392 e. The Hall–Kier alpha value is -0.900. The van der Waals surface area contributed by atoms with Crippen LogP contribution in [0.25, 0.3) is 0 Å². The molecule has 0 amide bonds. The fraction of sp³-hybridized carbons (Fsp3) is 0.625. The van der Waals surface area contributed by atoms with Crippen LogP contribution in [0.3, 0.4) is 0 Å². The smallest absolute Gasteiger partial charge is 0.157 e. The molecule has 1 heterocycles. The molecule has 0 saturated carbocycles. The number of rotatable bonds is 5. The molecule has 106 valence electrons. The number of allylic oxidation sites excluding steroid dienone is 2. The van der Waals surface area contributed by atoms with Crippen LogP contribution in [-0.2, 0) is 9.47 Å². The first-order chi connectivity index (χ1) is 9.25. The maximum Gasteiger partial charge on any atom is 0.157 e. The lowest BCUT2D eigenvalue weighted by molar-refractivity contribution is -0.155. The Balaban J connectivity index is 1.69. The average molecular weight is 264 g/mol. The Morgan fingerprint density at radius 2 is 2.37 bits per heavy atom. The highest BCUT2D eigenvalue weighted by Gasteiger charge is 2.16. The maximum absolute atomic E-state index is 9.67. The van der Waals surface area contributed by atoms with Gasteiger partial charge in [-0.2, -0.15) is 0 Å². The van der Waals surface area contributed by atoms with Crippen LogP contribution in [0.1, 0.15) is 32.6 Å². The summed E-state index contributed by atoms with van der Waals surface area (Å²) >= 11 is 0. The van der Waals surface area contributed by atoms with E-state index in [2.05, 4.69) is 24.3 Å². The second kappa shape index (κ2) is 7.63. The van der Waals surface area contributed by atoms with E-state index in [9.17, 15) is 5.11 Å². The lowest BCUT2D eigenvalue weighted by Crippen LogP contribution is -2.22. The topological polar surface area (TPSA) is 38.7 Å². The zero-order valence-electron chi connectivity index (χ0n) is 11.6. The third-order valence-electron chi connectivity index (χ3n) is 3.59. The van der Waals surface area contributed by atoms with Crippen LogP contribution in [0.5, 0.6) is 0 Å². The predicted molar refractivity (Wildman–Crippen MR) is 75.7 cm³/mol. The van der Waals surface area contributed by atoms with E-state index < -0.39 is 0 Å². The van der Waals surface area contributed by atoms with Crippen molar-refractivity contribution in [1.29, 1.82) is 0 Å². The van der Waals surface area contributed by atoms with E-state index in [1.54, 1.807) is 0 Å². The van der Waals surface area contributed by atoms with Crippen molar-refractivity contribution in [3.8, 4) is 0 Å². The van der Waals surface area contributed by atoms with Crippen LogP contribution in [0.2, 0.25) is 0 Å². The Bertz CT molecular complexity index is 351. The number of aliphatic hydroxyl groups is 1. The van der Waals surface area contributed by atoms with Gasteiger partial charge in [0.2, 0.25) is 0 Å². The highest BCUT2D eigenvalue weighted by atomic mass is 16.7. The van der Waals surface area contributed by atoms with Crippen molar-refractivity contribution >= 4 is 0 Å². The second-order valence-electron chi connectivity index (χ2n) is 5.25. The molecular weight excluding hydrogens is 240 g/mol. The second-order valence-corrected chi connectivity index (χ2v) is 5.25. The minimum atomic E-state index is -0.254. The van der Waals surface area contributed by atoms with Crippen LogP contribution in [0.4, 0.5) is 0 Å². The van der Waals surface area contributed by atoms with Crippen molar-refractivity contribution in [3.63, 3.8) is 0 Å². The summed E-state index contributed by atoms with van der Waals surface area (Å²) in [7, 11) is 0. The SMILES string of the molecule is CC(/C=C\C1C=CCC1O)=C\COC1CCCCO1. The Morgan fingerprint density at radius 1 is 1.47 bits per heavy atom. The number of ether oxygens (including phenoxy) is 2. The zero-order valence-corrected chi connectivity index (χ0v) is 11.6. The molecule has 0 aromatic heterocycles. The van der Waals surface area contributed by atoms with Crippen molar-refractivity contribution in [2.45, 2.75) is 45.0 Å². The third kappa shape index (κ3) is 4.94. The summed E-state index contributed by atoms with van der Waals surface area (Å²) in [6, 6.07) is 0. The molecule has 0 radical (unpaired) electrons. The summed E-state index contributed by atoms with van der Waals surface area (Å²) < 4.78 is 11.2. The summed E-state index contributed by atoms with van der Waals surface area (Å²) in [6.07, 6.45) is 14.1. The molecule has 1 aliphatic heterocycles. The van der Waals surface area contributed by atoms with Crippen LogP contribution >= 0.6 is 0 Å². The molecule has 0 aromatic carbocycles. The fourth-order valence-electron chi connectivity index (χ4n) is 2.31. The highest BCUT2D eigenvalue weighted by molar-refractivity contribution is 5.20. The number of hydrogen-bond donors (Lipinski definition) is 1. The standard InChI is InChI=1S/C16H24O3/c1-13(8-9-14-5-4-6-15(14)17)10-12-19-16-7-2-3-11-18-16/h4-5,8-10,14-17H,2-3,6-7,11-12H2,1H3/b9-8-,13-10+. The summed E-state index contributed by atoms with van der Waals surface area (Å²) in [5.74, 6) is 0.158. The summed E-state index contributed by atoms with van der Waals surface area (Å²) in [6.45, 7) is 3.45. The fourth-order valence-corrected chi connectivity index (χ4v) is 2.31. The molecule has 3 unspecified atom stereocenters. The van der Waals surface area contributed by atoms with E-state index in [0.29, 0.717) is 6.61 Å². The predicted octanol–water partition coefficient (Wildman–Crippen LogP) is 2.97. The van der Waals surface area contributed by atoms with Gasteiger partial charge in [-0.1, -0.05) is 36.0 Å². The first kappa shape index (κ1) is 14.5. The van der Waals surface area contributed by atoms with Gasteiger partial charge in [0.15, 0.2) is 6.29 Å². The lowest BCUT2D eigenvalue weighted by Gasteiger charge is -2.22.